The molecule has 3 nitrogen and oxygen atoms in total. The van der Waals surface area contributed by atoms with E-state index in [4.69, 9.17) is 4.74 Å². The van der Waals surface area contributed by atoms with Gasteiger partial charge in [-0.15, -0.1) is 0 Å². The molecule has 1 aromatic carbocycles. The molecule has 1 aliphatic heterocycles. The molecule has 0 amide bonds. The Kier molecular flexibility index (Phi) is 4.85. The molecule has 0 aliphatic carbocycles. The van der Waals surface area contributed by atoms with Gasteiger partial charge in [-0.3, -0.25) is 0 Å². The third-order valence-electron chi connectivity index (χ3n) is 3.55. The molecule has 0 fully saturated rings. The van der Waals surface area contributed by atoms with Gasteiger partial charge in [0.15, 0.2) is 0 Å². The molecule has 4 heteroatoms. The Bertz CT molecular complexity index is 484. The van der Waals surface area contributed by atoms with E-state index in [-0.39, 0.29) is 5.97 Å². The lowest BCUT2D eigenvalue weighted by Gasteiger charge is -2.27. The number of nitrogens with zero attached hydrogens (tertiary/aromatic N) is 1. The van der Waals surface area contributed by atoms with E-state index in [9.17, 15) is 4.79 Å². The van der Waals surface area contributed by atoms with E-state index in [1.54, 1.807) is 0 Å². The van der Waals surface area contributed by atoms with Crippen LogP contribution in [0.15, 0.2) is 41.6 Å². The van der Waals surface area contributed by atoms with Crippen LogP contribution in [0.5, 0.6) is 0 Å². The maximum absolute atomic E-state index is 11.8. The summed E-state index contributed by atoms with van der Waals surface area (Å²) >= 11 is 2.38. The number of carbonyl (C=O) groups excluding carboxylic acids is 1. The van der Waals surface area contributed by atoms with Gasteiger partial charge >= 0.3 is 5.97 Å². The zero-order valence-electron chi connectivity index (χ0n) is 11.2. The van der Waals surface area contributed by atoms with Gasteiger partial charge in [0, 0.05) is 29.1 Å². The molecule has 102 valence electrons. The number of benzene rings is 1. The van der Waals surface area contributed by atoms with Crippen LogP contribution >= 0.6 is 22.6 Å². The summed E-state index contributed by atoms with van der Waals surface area (Å²) in [6.45, 7) is 2.86. The monoisotopic (exact) mass is 371 g/mol. The quantitative estimate of drug-likeness (QED) is 0.463. The molecule has 0 aromatic heterocycles. The Labute approximate surface area is 127 Å². The highest BCUT2D eigenvalue weighted by Gasteiger charge is 2.32. The lowest BCUT2D eigenvalue weighted by atomic mass is 10.1. The first-order valence-corrected chi connectivity index (χ1v) is 7.84. The number of methoxy groups -OCH3 is 1. The minimum atomic E-state index is -0.192. The molecule has 1 aliphatic rings. The van der Waals surface area contributed by atoms with Crippen LogP contribution in [0.25, 0.3) is 0 Å². The van der Waals surface area contributed by atoms with Crippen LogP contribution in [0, 0.1) is 0 Å². The van der Waals surface area contributed by atoms with Crippen molar-refractivity contribution < 1.29 is 9.53 Å². The molecule has 2 rings (SSSR count). The number of esters is 1. The number of rotatable bonds is 4. The smallest absolute Gasteiger partial charge is 0.335 e. The van der Waals surface area contributed by atoms with Crippen molar-refractivity contribution in [2.75, 3.05) is 11.5 Å². The van der Waals surface area contributed by atoms with Crippen LogP contribution in [0.1, 0.15) is 18.9 Å². The van der Waals surface area contributed by atoms with Crippen LogP contribution in [0.4, 0.5) is 0 Å². The Hall–Kier alpha value is -1.04. The SMILES string of the molecule is COC(=O)C1=C(C)N(Cc2ccccc2)C(CI)C1. The second-order valence-electron chi connectivity index (χ2n) is 4.68. The third kappa shape index (κ3) is 3.11. The minimum Gasteiger partial charge on any atom is -0.466 e. The third-order valence-corrected chi connectivity index (χ3v) is 4.57. The minimum absolute atomic E-state index is 0.192. The highest BCUT2D eigenvalue weighted by atomic mass is 127. The fourth-order valence-electron chi connectivity index (χ4n) is 2.46. The van der Waals surface area contributed by atoms with Gasteiger partial charge in [0.25, 0.3) is 0 Å². The molecule has 0 spiro atoms. The molecule has 0 saturated carbocycles. The molecule has 0 saturated heterocycles. The number of allylic oxidation sites excluding steroid dienone is 1. The maximum atomic E-state index is 11.8. The van der Waals surface area contributed by atoms with Gasteiger partial charge in [-0.2, -0.15) is 0 Å². The number of alkyl halides is 1. The zero-order chi connectivity index (χ0) is 13.8. The second kappa shape index (κ2) is 6.41. The predicted octanol–water partition coefficient (Wildman–Crippen LogP) is 3.14. The normalized spacial score (nSPS) is 18.9. The van der Waals surface area contributed by atoms with Crippen LogP contribution in [0.2, 0.25) is 0 Å². The second-order valence-corrected chi connectivity index (χ2v) is 5.56. The molecule has 0 N–H and O–H groups in total. The Morgan fingerprint density at radius 3 is 2.68 bits per heavy atom. The van der Waals surface area contributed by atoms with E-state index in [1.807, 2.05) is 25.1 Å². The summed E-state index contributed by atoms with van der Waals surface area (Å²) in [7, 11) is 1.45. The highest BCUT2D eigenvalue weighted by Crippen LogP contribution is 2.31. The van der Waals surface area contributed by atoms with Crippen molar-refractivity contribution >= 4 is 28.6 Å². The molecular formula is C15H18INO2. The van der Waals surface area contributed by atoms with Crippen molar-refractivity contribution in [1.29, 1.82) is 0 Å². The number of ether oxygens (including phenoxy) is 1. The Morgan fingerprint density at radius 2 is 2.11 bits per heavy atom. The highest BCUT2D eigenvalue weighted by molar-refractivity contribution is 14.1. The standard InChI is InChI=1S/C15H18INO2/c1-11-14(15(18)19-2)8-13(9-16)17(11)10-12-6-4-3-5-7-12/h3-7,13H,8-10H2,1-2H3. The summed E-state index contributed by atoms with van der Waals surface area (Å²) in [6.07, 6.45) is 0.786. The van der Waals surface area contributed by atoms with Gasteiger partial charge in [0.05, 0.1) is 12.7 Å². The summed E-state index contributed by atoms with van der Waals surface area (Å²) < 4.78 is 5.87. The van der Waals surface area contributed by atoms with Gasteiger partial charge in [-0.05, 0) is 12.5 Å². The van der Waals surface area contributed by atoms with Crippen LogP contribution in [-0.2, 0) is 16.1 Å². The molecule has 19 heavy (non-hydrogen) atoms. The van der Waals surface area contributed by atoms with Gasteiger partial charge in [-0.25, -0.2) is 4.79 Å². The Balaban J connectivity index is 2.21. The number of halogens is 1. The fourth-order valence-corrected chi connectivity index (χ4v) is 3.25. The Morgan fingerprint density at radius 1 is 1.42 bits per heavy atom. The number of hydrogen-bond donors (Lipinski definition) is 0. The van der Waals surface area contributed by atoms with E-state index >= 15 is 0 Å². The zero-order valence-corrected chi connectivity index (χ0v) is 13.4. The van der Waals surface area contributed by atoms with Crippen molar-refractivity contribution in [2.45, 2.75) is 25.9 Å². The number of hydrogen-bond acceptors (Lipinski definition) is 3. The average Bonchev–Trinajstić information content (AvgIpc) is 2.76. The van der Waals surface area contributed by atoms with Crippen molar-refractivity contribution in [3.05, 3.63) is 47.2 Å². The molecule has 1 atom stereocenters. The fraction of sp³-hybridized carbons (Fsp3) is 0.400. The lowest BCUT2D eigenvalue weighted by molar-refractivity contribution is -0.136. The van der Waals surface area contributed by atoms with E-state index < -0.39 is 0 Å². The van der Waals surface area contributed by atoms with E-state index in [1.165, 1.54) is 12.7 Å². The van der Waals surface area contributed by atoms with Crippen LogP contribution in [-0.4, -0.2) is 28.4 Å². The summed E-state index contributed by atoms with van der Waals surface area (Å²) in [5.41, 5.74) is 3.14. The summed E-state index contributed by atoms with van der Waals surface area (Å²) in [4.78, 5) is 14.1. The van der Waals surface area contributed by atoms with E-state index in [0.29, 0.717) is 6.04 Å². The van der Waals surface area contributed by atoms with Crippen LogP contribution in [0.3, 0.4) is 0 Å². The first-order chi connectivity index (χ1) is 9.17. The molecular weight excluding hydrogens is 353 g/mol. The maximum Gasteiger partial charge on any atom is 0.335 e. The average molecular weight is 371 g/mol. The molecule has 1 heterocycles. The molecule has 1 unspecified atom stereocenters. The molecule has 0 bridgehead atoms. The lowest BCUT2D eigenvalue weighted by Crippen LogP contribution is -2.29. The van der Waals surface area contributed by atoms with Gasteiger partial charge in [0.1, 0.15) is 0 Å². The van der Waals surface area contributed by atoms with Crippen LogP contribution < -0.4 is 0 Å². The summed E-state index contributed by atoms with van der Waals surface area (Å²) in [5, 5.41) is 0. The van der Waals surface area contributed by atoms with Gasteiger partial charge in [0.2, 0.25) is 0 Å². The van der Waals surface area contributed by atoms with E-state index in [2.05, 4.69) is 39.6 Å². The number of carbonyl (C=O) groups is 1. The first kappa shape index (κ1) is 14.4. The summed E-state index contributed by atoms with van der Waals surface area (Å²) in [5.74, 6) is -0.192. The van der Waals surface area contributed by atoms with Gasteiger partial charge < -0.3 is 9.64 Å². The molecule has 1 aromatic rings. The van der Waals surface area contributed by atoms with Crippen molar-refractivity contribution in [2.24, 2.45) is 0 Å². The van der Waals surface area contributed by atoms with Crippen molar-refractivity contribution in [3.63, 3.8) is 0 Å². The largest absolute Gasteiger partial charge is 0.466 e. The van der Waals surface area contributed by atoms with Crippen molar-refractivity contribution in [3.8, 4) is 0 Å². The summed E-state index contributed by atoms with van der Waals surface area (Å²) in [6, 6.07) is 10.7. The topological polar surface area (TPSA) is 29.5 Å². The first-order valence-electron chi connectivity index (χ1n) is 6.32. The van der Waals surface area contributed by atoms with E-state index in [0.717, 1.165) is 28.7 Å². The molecule has 0 radical (unpaired) electrons. The van der Waals surface area contributed by atoms with Crippen molar-refractivity contribution in [1.82, 2.24) is 4.90 Å². The van der Waals surface area contributed by atoms with Gasteiger partial charge in [-0.1, -0.05) is 52.9 Å². The predicted molar refractivity (Wildman–Crippen MR) is 84.0 cm³/mol.